The Labute approximate surface area is 55.7 Å². The number of hydrogen-bond acceptors (Lipinski definition) is 3. The molecule has 0 spiro atoms. The molecule has 3 nitrogen and oxygen atoms in total. The third kappa shape index (κ3) is 1.64. The van der Waals surface area contributed by atoms with Crippen molar-refractivity contribution in [2.24, 2.45) is 5.90 Å². The van der Waals surface area contributed by atoms with Crippen LogP contribution in [0.5, 0.6) is 0 Å². The second kappa shape index (κ2) is 3.15. The number of nitrogens with two attached hydrogens (primary N) is 1. The Morgan fingerprint density at radius 2 is 2.56 bits per heavy atom. The Kier molecular flexibility index (Phi) is 2.45. The molecule has 1 atom stereocenters. The molecule has 0 saturated carbocycles. The van der Waals surface area contributed by atoms with Crippen LogP contribution in [0.4, 0.5) is 0 Å². The first kappa shape index (κ1) is 6.99. The van der Waals surface area contributed by atoms with Crippen molar-refractivity contribution in [1.29, 1.82) is 0 Å². The molecule has 0 aromatic carbocycles. The summed E-state index contributed by atoms with van der Waals surface area (Å²) in [5.74, 6) is 4.94. The van der Waals surface area contributed by atoms with Crippen LogP contribution in [0.1, 0.15) is 12.8 Å². The fourth-order valence-electron chi connectivity index (χ4n) is 1.30. The number of likely N-dealkylation sites (N-methyl/N-ethyl adjacent to an activating group) is 1. The van der Waals surface area contributed by atoms with Crippen LogP contribution in [0, 0.1) is 0 Å². The second-order valence-electron chi connectivity index (χ2n) is 2.61. The maximum atomic E-state index is 4.94. The van der Waals surface area contributed by atoms with Crippen LogP contribution in [0.3, 0.4) is 0 Å². The molecule has 0 aromatic heterocycles. The first-order valence-electron chi connectivity index (χ1n) is 3.36. The predicted molar refractivity (Wildman–Crippen MR) is 35.8 cm³/mol. The maximum Gasteiger partial charge on any atom is 0.0834 e. The van der Waals surface area contributed by atoms with Crippen LogP contribution in [-0.4, -0.2) is 31.1 Å². The molecule has 3 heteroatoms. The van der Waals surface area contributed by atoms with Gasteiger partial charge in [-0.05, 0) is 26.4 Å². The average Bonchev–Trinajstić information content (AvgIpc) is 2.18. The van der Waals surface area contributed by atoms with Crippen molar-refractivity contribution in [3.63, 3.8) is 0 Å². The van der Waals surface area contributed by atoms with Crippen molar-refractivity contribution in [2.45, 2.75) is 18.9 Å². The molecular formula is C6H14N2O. The number of hydrogen-bond donors (Lipinski definition) is 1. The summed E-state index contributed by atoms with van der Waals surface area (Å²) in [5, 5.41) is 0. The topological polar surface area (TPSA) is 38.5 Å². The van der Waals surface area contributed by atoms with Gasteiger partial charge in [0.15, 0.2) is 0 Å². The van der Waals surface area contributed by atoms with Gasteiger partial charge in [-0.2, -0.15) is 0 Å². The SMILES string of the molecule is CN1CCC[C@@H]1CON. The highest BCUT2D eigenvalue weighted by Crippen LogP contribution is 2.13. The lowest BCUT2D eigenvalue weighted by molar-refractivity contribution is 0.0870. The summed E-state index contributed by atoms with van der Waals surface area (Å²) >= 11 is 0. The minimum atomic E-state index is 0.565. The molecule has 1 saturated heterocycles. The van der Waals surface area contributed by atoms with Crippen molar-refractivity contribution >= 4 is 0 Å². The van der Waals surface area contributed by atoms with Crippen LogP contribution >= 0.6 is 0 Å². The van der Waals surface area contributed by atoms with E-state index in [1.807, 2.05) is 0 Å². The second-order valence-corrected chi connectivity index (χ2v) is 2.61. The Bertz CT molecular complexity index is 87.1. The molecule has 0 unspecified atom stereocenters. The highest BCUT2D eigenvalue weighted by Gasteiger charge is 2.19. The van der Waals surface area contributed by atoms with Crippen LogP contribution in [-0.2, 0) is 4.84 Å². The van der Waals surface area contributed by atoms with Crippen LogP contribution < -0.4 is 5.90 Å². The van der Waals surface area contributed by atoms with Crippen LogP contribution in [0.2, 0.25) is 0 Å². The van der Waals surface area contributed by atoms with E-state index in [2.05, 4.69) is 16.8 Å². The van der Waals surface area contributed by atoms with E-state index in [-0.39, 0.29) is 0 Å². The zero-order valence-corrected chi connectivity index (χ0v) is 5.84. The first-order chi connectivity index (χ1) is 4.34. The van der Waals surface area contributed by atoms with Crippen molar-refractivity contribution in [1.82, 2.24) is 4.90 Å². The molecule has 9 heavy (non-hydrogen) atoms. The summed E-state index contributed by atoms with van der Waals surface area (Å²) in [6.07, 6.45) is 2.51. The molecule has 54 valence electrons. The van der Waals surface area contributed by atoms with Gasteiger partial charge in [0.05, 0.1) is 6.61 Å². The van der Waals surface area contributed by atoms with Gasteiger partial charge in [-0.25, -0.2) is 5.90 Å². The Hall–Kier alpha value is -0.120. The summed E-state index contributed by atoms with van der Waals surface area (Å²) < 4.78 is 0. The predicted octanol–water partition coefficient (Wildman–Crippen LogP) is -0.0291. The summed E-state index contributed by atoms with van der Waals surface area (Å²) in [4.78, 5) is 6.84. The lowest BCUT2D eigenvalue weighted by Gasteiger charge is -2.16. The molecule has 0 amide bonds. The van der Waals surface area contributed by atoms with Gasteiger partial charge >= 0.3 is 0 Å². The van der Waals surface area contributed by atoms with E-state index < -0.39 is 0 Å². The van der Waals surface area contributed by atoms with Crippen molar-refractivity contribution in [2.75, 3.05) is 20.2 Å². The molecule has 0 aromatic rings. The van der Waals surface area contributed by atoms with Crippen LogP contribution in [0.15, 0.2) is 0 Å². The lowest BCUT2D eigenvalue weighted by atomic mass is 10.2. The minimum Gasteiger partial charge on any atom is -0.303 e. The summed E-state index contributed by atoms with van der Waals surface area (Å²) in [5.41, 5.74) is 0. The van der Waals surface area contributed by atoms with Gasteiger partial charge < -0.3 is 9.74 Å². The molecule has 1 rings (SSSR count). The molecule has 0 aliphatic carbocycles. The molecule has 1 aliphatic rings. The molecule has 2 N–H and O–H groups in total. The third-order valence-electron chi connectivity index (χ3n) is 1.96. The van der Waals surface area contributed by atoms with Gasteiger partial charge in [-0.15, -0.1) is 0 Å². The molecule has 1 aliphatic heterocycles. The maximum absolute atomic E-state index is 4.94. The number of likely N-dealkylation sites (tertiary alicyclic amines) is 1. The smallest absolute Gasteiger partial charge is 0.0834 e. The Morgan fingerprint density at radius 3 is 3.00 bits per heavy atom. The van der Waals surface area contributed by atoms with Gasteiger partial charge in [0.1, 0.15) is 0 Å². The molecule has 1 heterocycles. The summed E-state index contributed by atoms with van der Waals surface area (Å²) in [7, 11) is 2.11. The zero-order valence-electron chi connectivity index (χ0n) is 5.84. The molecule has 0 radical (unpaired) electrons. The Balaban J connectivity index is 2.22. The van der Waals surface area contributed by atoms with Crippen molar-refractivity contribution in [3.8, 4) is 0 Å². The van der Waals surface area contributed by atoms with Gasteiger partial charge in [-0.1, -0.05) is 0 Å². The Morgan fingerprint density at radius 1 is 1.78 bits per heavy atom. The van der Waals surface area contributed by atoms with E-state index in [1.54, 1.807) is 0 Å². The van der Waals surface area contributed by atoms with Crippen LogP contribution in [0.25, 0.3) is 0 Å². The van der Waals surface area contributed by atoms with Gasteiger partial charge in [-0.3, -0.25) is 0 Å². The largest absolute Gasteiger partial charge is 0.303 e. The quantitative estimate of drug-likeness (QED) is 0.533. The van der Waals surface area contributed by atoms with Gasteiger partial charge in [0.25, 0.3) is 0 Å². The van der Waals surface area contributed by atoms with E-state index in [0.717, 1.165) is 0 Å². The summed E-state index contributed by atoms with van der Waals surface area (Å²) in [6, 6.07) is 0.565. The van der Waals surface area contributed by atoms with E-state index in [4.69, 9.17) is 5.90 Å². The first-order valence-corrected chi connectivity index (χ1v) is 3.36. The molecular weight excluding hydrogens is 116 g/mol. The van der Waals surface area contributed by atoms with E-state index in [1.165, 1.54) is 19.4 Å². The zero-order chi connectivity index (χ0) is 6.69. The minimum absolute atomic E-state index is 0.565. The van der Waals surface area contributed by atoms with E-state index >= 15 is 0 Å². The highest BCUT2D eigenvalue weighted by molar-refractivity contribution is 4.74. The summed E-state index contributed by atoms with van der Waals surface area (Å²) in [6.45, 7) is 1.87. The number of rotatable bonds is 2. The number of nitrogens with zero attached hydrogens (tertiary/aromatic N) is 1. The van der Waals surface area contributed by atoms with E-state index in [0.29, 0.717) is 12.6 Å². The van der Waals surface area contributed by atoms with Crippen molar-refractivity contribution in [3.05, 3.63) is 0 Å². The van der Waals surface area contributed by atoms with Gasteiger partial charge in [0.2, 0.25) is 0 Å². The van der Waals surface area contributed by atoms with Gasteiger partial charge in [0, 0.05) is 6.04 Å². The molecule has 1 fully saturated rings. The lowest BCUT2D eigenvalue weighted by Crippen LogP contribution is -2.30. The highest BCUT2D eigenvalue weighted by atomic mass is 16.6. The fourth-order valence-corrected chi connectivity index (χ4v) is 1.30. The normalized spacial score (nSPS) is 29.3. The monoisotopic (exact) mass is 130 g/mol. The standard InChI is InChI=1S/C6H14N2O/c1-8-4-2-3-6(8)5-9-7/h6H,2-5,7H2,1H3/t6-/m1/s1. The van der Waals surface area contributed by atoms with Crippen molar-refractivity contribution < 1.29 is 4.84 Å². The fraction of sp³-hybridized carbons (Fsp3) is 1.00. The average molecular weight is 130 g/mol. The molecule has 0 bridgehead atoms. The van der Waals surface area contributed by atoms with E-state index in [9.17, 15) is 0 Å². The third-order valence-corrected chi connectivity index (χ3v) is 1.96.